The van der Waals surface area contributed by atoms with Crippen LogP contribution in [-0.4, -0.2) is 18.3 Å². The molecule has 0 aliphatic heterocycles. The van der Waals surface area contributed by atoms with Gasteiger partial charge in [0.25, 0.3) is 0 Å². The second-order valence-electron chi connectivity index (χ2n) is 5.70. The van der Waals surface area contributed by atoms with Crippen molar-refractivity contribution in [1.29, 1.82) is 0 Å². The maximum Gasteiger partial charge on any atom is 0.0724 e. The van der Waals surface area contributed by atoms with Crippen LogP contribution in [0.25, 0.3) is 0 Å². The molecule has 0 unspecified atom stereocenters. The van der Waals surface area contributed by atoms with Crippen LogP contribution in [0, 0.1) is 6.92 Å². The molecule has 1 aromatic carbocycles. The fraction of sp³-hybridized carbons (Fsp3) is 0.667. The Bertz CT molecular complexity index is 339. The maximum absolute atomic E-state index is 5.96. The first-order chi connectivity index (χ1) is 9.39. The predicted molar refractivity (Wildman–Crippen MR) is 87.1 cm³/mol. The lowest BCUT2D eigenvalue weighted by Gasteiger charge is -2.25. The van der Waals surface area contributed by atoms with Crippen molar-refractivity contribution in [2.24, 2.45) is 0 Å². The summed E-state index contributed by atoms with van der Waals surface area (Å²) >= 11 is 0. The summed E-state index contributed by atoms with van der Waals surface area (Å²) in [6, 6.07) is 8.48. The molecule has 116 valence electrons. The number of hydrogen-bond donors (Lipinski definition) is 0. The lowest BCUT2D eigenvalue weighted by molar-refractivity contribution is -0.0563. The molecule has 0 N–H and O–H groups in total. The molecule has 0 heterocycles. The predicted octanol–water partition coefficient (Wildman–Crippen LogP) is 5.13. The molecule has 0 amide bonds. The van der Waals surface area contributed by atoms with Crippen LogP contribution in [0.2, 0.25) is 0 Å². The van der Waals surface area contributed by atoms with Gasteiger partial charge in [-0.25, -0.2) is 0 Å². The molecular formula is C18H32O2. The number of rotatable bonds is 7. The minimum Gasteiger partial charge on any atom is -0.379 e. The van der Waals surface area contributed by atoms with Crippen molar-refractivity contribution < 1.29 is 9.47 Å². The molecule has 0 fully saturated rings. The minimum atomic E-state index is -0.139. The molecule has 2 nitrogen and oxygen atoms in total. The number of hydrogen-bond acceptors (Lipinski definition) is 2. The molecular weight excluding hydrogens is 248 g/mol. The standard InChI is InChI=1S/C16H26O2.C2H6/c1-13(2)17-11-10-16(4,5)18-12-15-8-6-14(3)7-9-15;1-2/h6-9,13H,10-12H2,1-5H3;1-2H3. The second-order valence-corrected chi connectivity index (χ2v) is 5.70. The van der Waals surface area contributed by atoms with Gasteiger partial charge in [-0.3, -0.25) is 0 Å². The average Bonchev–Trinajstić information content (AvgIpc) is 2.40. The van der Waals surface area contributed by atoms with Crippen molar-refractivity contribution in [2.45, 2.75) is 73.2 Å². The molecule has 1 rings (SSSR count). The van der Waals surface area contributed by atoms with Gasteiger partial charge < -0.3 is 9.47 Å². The van der Waals surface area contributed by atoms with Gasteiger partial charge in [-0.1, -0.05) is 43.7 Å². The van der Waals surface area contributed by atoms with Crippen molar-refractivity contribution in [3.63, 3.8) is 0 Å². The van der Waals surface area contributed by atoms with E-state index in [-0.39, 0.29) is 11.7 Å². The number of benzene rings is 1. The van der Waals surface area contributed by atoms with E-state index in [1.807, 2.05) is 13.8 Å². The largest absolute Gasteiger partial charge is 0.379 e. The monoisotopic (exact) mass is 280 g/mol. The highest BCUT2D eigenvalue weighted by Gasteiger charge is 2.18. The molecule has 0 spiro atoms. The Kier molecular flexibility index (Phi) is 9.52. The third-order valence-electron chi connectivity index (χ3n) is 2.91. The second kappa shape index (κ2) is 9.95. The van der Waals surface area contributed by atoms with E-state index in [0.29, 0.717) is 6.61 Å². The number of ether oxygens (including phenoxy) is 2. The van der Waals surface area contributed by atoms with Gasteiger partial charge >= 0.3 is 0 Å². The zero-order valence-electron chi connectivity index (χ0n) is 14.3. The van der Waals surface area contributed by atoms with E-state index in [0.717, 1.165) is 13.0 Å². The molecule has 0 saturated carbocycles. The van der Waals surface area contributed by atoms with E-state index < -0.39 is 0 Å². The van der Waals surface area contributed by atoms with Gasteiger partial charge in [0.05, 0.1) is 18.3 Å². The van der Waals surface area contributed by atoms with Gasteiger partial charge in [0.15, 0.2) is 0 Å². The van der Waals surface area contributed by atoms with Crippen LogP contribution in [0.15, 0.2) is 24.3 Å². The third-order valence-corrected chi connectivity index (χ3v) is 2.91. The van der Waals surface area contributed by atoms with Crippen LogP contribution >= 0.6 is 0 Å². The molecule has 0 aliphatic carbocycles. The molecule has 0 bridgehead atoms. The van der Waals surface area contributed by atoms with Gasteiger partial charge in [0.2, 0.25) is 0 Å². The summed E-state index contributed by atoms with van der Waals surface area (Å²) in [5.41, 5.74) is 2.36. The summed E-state index contributed by atoms with van der Waals surface area (Å²) in [5.74, 6) is 0. The van der Waals surface area contributed by atoms with Crippen molar-refractivity contribution in [1.82, 2.24) is 0 Å². The fourth-order valence-corrected chi connectivity index (χ4v) is 1.58. The van der Waals surface area contributed by atoms with Crippen molar-refractivity contribution >= 4 is 0 Å². The molecule has 0 aliphatic rings. The van der Waals surface area contributed by atoms with Gasteiger partial charge in [-0.2, -0.15) is 0 Å². The molecule has 0 atom stereocenters. The van der Waals surface area contributed by atoms with Gasteiger partial charge in [-0.15, -0.1) is 0 Å². The van der Waals surface area contributed by atoms with Crippen LogP contribution in [0.3, 0.4) is 0 Å². The summed E-state index contributed by atoms with van der Waals surface area (Å²) < 4.78 is 11.5. The minimum absolute atomic E-state index is 0.139. The third kappa shape index (κ3) is 9.11. The van der Waals surface area contributed by atoms with E-state index in [1.165, 1.54) is 11.1 Å². The number of aryl methyl sites for hydroxylation is 1. The first kappa shape index (κ1) is 19.1. The van der Waals surface area contributed by atoms with Gasteiger partial charge in [0, 0.05) is 6.61 Å². The zero-order valence-corrected chi connectivity index (χ0v) is 14.3. The van der Waals surface area contributed by atoms with Crippen LogP contribution in [-0.2, 0) is 16.1 Å². The highest BCUT2D eigenvalue weighted by atomic mass is 16.5. The molecule has 0 aromatic heterocycles. The van der Waals surface area contributed by atoms with E-state index in [9.17, 15) is 0 Å². The Morgan fingerprint density at radius 1 is 1.05 bits per heavy atom. The molecule has 0 saturated heterocycles. The smallest absolute Gasteiger partial charge is 0.0724 e. The first-order valence-electron chi connectivity index (χ1n) is 7.70. The van der Waals surface area contributed by atoms with E-state index in [2.05, 4.69) is 58.9 Å². The normalized spacial score (nSPS) is 11.2. The topological polar surface area (TPSA) is 18.5 Å². The van der Waals surface area contributed by atoms with Gasteiger partial charge in [-0.05, 0) is 46.6 Å². The van der Waals surface area contributed by atoms with Crippen LogP contribution in [0.4, 0.5) is 0 Å². The highest BCUT2D eigenvalue weighted by molar-refractivity contribution is 5.20. The van der Waals surface area contributed by atoms with E-state index >= 15 is 0 Å². The Labute approximate surface area is 125 Å². The van der Waals surface area contributed by atoms with Gasteiger partial charge in [0.1, 0.15) is 0 Å². The van der Waals surface area contributed by atoms with E-state index in [1.54, 1.807) is 0 Å². The molecule has 1 aromatic rings. The Balaban J connectivity index is 0.00000172. The summed E-state index contributed by atoms with van der Waals surface area (Å²) in [6.45, 7) is 15.8. The van der Waals surface area contributed by atoms with Crippen LogP contribution < -0.4 is 0 Å². The van der Waals surface area contributed by atoms with Crippen molar-refractivity contribution in [2.75, 3.05) is 6.61 Å². The lowest BCUT2D eigenvalue weighted by atomic mass is 10.1. The SMILES string of the molecule is CC.Cc1ccc(COC(C)(C)CCOC(C)C)cc1. The zero-order chi connectivity index (χ0) is 15.6. The summed E-state index contributed by atoms with van der Waals surface area (Å²) in [5, 5.41) is 0. The van der Waals surface area contributed by atoms with Crippen molar-refractivity contribution in [3.05, 3.63) is 35.4 Å². The average molecular weight is 280 g/mol. The quantitative estimate of drug-likeness (QED) is 0.689. The highest BCUT2D eigenvalue weighted by Crippen LogP contribution is 2.17. The fourth-order valence-electron chi connectivity index (χ4n) is 1.58. The van der Waals surface area contributed by atoms with E-state index in [4.69, 9.17) is 9.47 Å². The summed E-state index contributed by atoms with van der Waals surface area (Å²) in [6.07, 6.45) is 1.20. The first-order valence-corrected chi connectivity index (χ1v) is 7.70. The Morgan fingerprint density at radius 2 is 1.60 bits per heavy atom. The maximum atomic E-state index is 5.96. The summed E-state index contributed by atoms with van der Waals surface area (Å²) in [4.78, 5) is 0. The molecule has 0 radical (unpaired) electrons. The lowest BCUT2D eigenvalue weighted by Crippen LogP contribution is -2.26. The Hall–Kier alpha value is -0.860. The van der Waals surface area contributed by atoms with Crippen LogP contribution in [0.1, 0.15) is 59.1 Å². The van der Waals surface area contributed by atoms with Crippen molar-refractivity contribution in [3.8, 4) is 0 Å². The molecule has 20 heavy (non-hydrogen) atoms. The Morgan fingerprint density at radius 3 is 2.10 bits per heavy atom. The summed E-state index contributed by atoms with van der Waals surface area (Å²) in [7, 11) is 0. The van der Waals surface area contributed by atoms with Crippen LogP contribution in [0.5, 0.6) is 0 Å². The molecule has 2 heteroatoms.